The van der Waals surface area contributed by atoms with Crippen molar-refractivity contribution in [2.45, 2.75) is 12.0 Å². The third-order valence-corrected chi connectivity index (χ3v) is 12.0. The number of halogens is 3. The average molecular weight is 590 g/mol. The molecular formula is C29H31F3N3O3PS. The molecule has 0 amide bonds. The SMILES string of the molecule is CN(CCOc1ccc(-c2ccc(C(F)(F)F)cc2)cc1)c1ccc2sc(C(O)P3(=O)N(C)CCN3C)cc2c1. The van der Waals surface area contributed by atoms with Crippen molar-refractivity contribution in [2.24, 2.45) is 0 Å². The number of hydrogen-bond acceptors (Lipinski definition) is 5. The number of nitrogens with zero attached hydrogens (tertiary/aromatic N) is 3. The van der Waals surface area contributed by atoms with Crippen LogP contribution in [0.1, 0.15) is 16.3 Å². The van der Waals surface area contributed by atoms with Crippen LogP contribution in [-0.4, -0.2) is 61.8 Å². The summed E-state index contributed by atoms with van der Waals surface area (Å²) in [5.74, 6) is -0.379. The van der Waals surface area contributed by atoms with Crippen LogP contribution in [0.3, 0.4) is 0 Å². The van der Waals surface area contributed by atoms with E-state index in [-0.39, 0.29) is 0 Å². The van der Waals surface area contributed by atoms with Crippen LogP contribution in [-0.2, 0) is 10.7 Å². The maximum absolute atomic E-state index is 13.5. The van der Waals surface area contributed by atoms with E-state index in [1.807, 2.05) is 49.5 Å². The first-order valence-corrected chi connectivity index (χ1v) is 15.3. The summed E-state index contributed by atoms with van der Waals surface area (Å²) in [6.07, 6.45) is -4.35. The highest BCUT2D eigenvalue weighted by Gasteiger charge is 2.45. The zero-order valence-electron chi connectivity index (χ0n) is 22.4. The van der Waals surface area contributed by atoms with Gasteiger partial charge >= 0.3 is 6.18 Å². The molecule has 40 heavy (non-hydrogen) atoms. The third kappa shape index (κ3) is 5.64. The summed E-state index contributed by atoms with van der Waals surface area (Å²) in [5, 5.41) is 12.0. The molecule has 2 heterocycles. The van der Waals surface area contributed by atoms with Crippen LogP contribution in [0.25, 0.3) is 21.2 Å². The van der Waals surface area contributed by atoms with E-state index in [0.29, 0.717) is 42.4 Å². The molecule has 6 nitrogen and oxygen atoms in total. The number of hydrogen-bond donors (Lipinski definition) is 1. The molecule has 0 radical (unpaired) electrons. The maximum atomic E-state index is 13.5. The number of benzene rings is 3. The van der Waals surface area contributed by atoms with E-state index in [9.17, 15) is 22.8 Å². The molecule has 1 aliphatic rings. The number of ether oxygens (including phenoxy) is 1. The Morgan fingerprint density at radius 3 is 2.17 bits per heavy atom. The van der Waals surface area contributed by atoms with Crippen molar-refractivity contribution in [3.05, 3.63) is 83.2 Å². The first kappa shape index (κ1) is 28.6. The van der Waals surface area contributed by atoms with Crippen LogP contribution >= 0.6 is 18.8 Å². The quantitative estimate of drug-likeness (QED) is 0.220. The number of fused-ring (bicyclic) bond motifs is 1. The molecule has 1 unspecified atom stereocenters. The molecule has 1 N–H and O–H groups in total. The molecule has 1 aliphatic heterocycles. The van der Waals surface area contributed by atoms with Crippen molar-refractivity contribution in [2.75, 3.05) is 52.3 Å². The number of aliphatic hydroxyl groups is 1. The van der Waals surface area contributed by atoms with Gasteiger partial charge in [0.25, 0.3) is 0 Å². The van der Waals surface area contributed by atoms with Gasteiger partial charge in [0, 0.05) is 35.4 Å². The van der Waals surface area contributed by atoms with Crippen molar-refractivity contribution in [1.82, 2.24) is 9.34 Å². The molecule has 1 fully saturated rings. The Bertz CT molecular complexity index is 1510. The fourth-order valence-corrected chi connectivity index (χ4v) is 8.73. The zero-order chi connectivity index (χ0) is 28.7. The van der Waals surface area contributed by atoms with E-state index in [1.54, 1.807) is 23.4 Å². The molecule has 1 saturated heterocycles. The number of rotatable bonds is 8. The van der Waals surface area contributed by atoms with Crippen LogP contribution < -0.4 is 9.64 Å². The highest BCUT2D eigenvalue weighted by atomic mass is 32.1. The minimum absolute atomic E-state index is 0.434. The molecule has 11 heteroatoms. The number of alkyl halides is 3. The lowest BCUT2D eigenvalue weighted by Gasteiger charge is -2.29. The number of likely N-dealkylation sites (N-methyl/N-ethyl adjacent to an activating group) is 3. The van der Waals surface area contributed by atoms with Crippen molar-refractivity contribution >= 4 is 34.6 Å². The average Bonchev–Trinajstić information content (AvgIpc) is 3.49. The van der Waals surface area contributed by atoms with E-state index in [4.69, 9.17) is 4.74 Å². The summed E-state index contributed by atoms with van der Waals surface area (Å²) in [5.41, 5.74) is 1.84. The van der Waals surface area contributed by atoms with Crippen LogP contribution in [0.15, 0.2) is 72.8 Å². The van der Waals surface area contributed by atoms with Crippen LogP contribution in [0.2, 0.25) is 0 Å². The highest BCUT2D eigenvalue weighted by Crippen LogP contribution is 2.65. The Morgan fingerprint density at radius 1 is 0.975 bits per heavy atom. The van der Waals surface area contributed by atoms with E-state index in [1.165, 1.54) is 23.5 Å². The standard InChI is InChI=1S/C29H31F3N3O3PS/c1-33(16-17-38-25-11-6-21(7-12-25)20-4-8-23(9-5-20)29(30,31)32)24-10-13-26-22(18-24)19-27(40-26)28(36)39(37)34(2)14-15-35(39)3/h4-13,18-19,28,36H,14-17H2,1-3H3. The van der Waals surface area contributed by atoms with Crippen LogP contribution in [0.5, 0.6) is 5.75 Å². The topological polar surface area (TPSA) is 56.3 Å². The van der Waals surface area contributed by atoms with E-state index in [0.717, 1.165) is 33.5 Å². The van der Waals surface area contributed by atoms with Gasteiger partial charge in [0.2, 0.25) is 7.44 Å². The van der Waals surface area contributed by atoms with Gasteiger partial charge < -0.3 is 14.7 Å². The van der Waals surface area contributed by atoms with Crippen molar-refractivity contribution in [3.8, 4) is 16.9 Å². The molecule has 0 saturated carbocycles. The molecule has 3 aromatic carbocycles. The number of anilines is 1. The minimum Gasteiger partial charge on any atom is -0.492 e. The lowest BCUT2D eigenvalue weighted by molar-refractivity contribution is -0.137. The van der Waals surface area contributed by atoms with Crippen LogP contribution in [0, 0.1) is 0 Å². The number of aliphatic hydroxyl groups excluding tert-OH is 1. The van der Waals surface area contributed by atoms with E-state index < -0.39 is 25.0 Å². The minimum atomic E-state index is -4.35. The van der Waals surface area contributed by atoms with Gasteiger partial charge in [0.1, 0.15) is 12.4 Å². The Labute approximate surface area is 235 Å². The normalized spacial score (nSPS) is 16.9. The second-order valence-corrected chi connectivity index (χ2v) is 14.1. The summed E-state index contributed by atoms with van der Waals surface area (Å²) in [6, 6.07) is 20.4. The van der Waals surface area contributed by atoms with Crippen molar-refractivity contribution < 1.29 is 27.6 Å². The van der Waals surface area contributed by atoms with Gasteiger partial charge in [-0.2, -0.15) is 13.2 Å². The highest BCUT2D eigenvalue weighted by molar-refractivity contribution is 7.59. The van der Waals surface area contributed by atoms with Gasteiger partial charge in [0.05, 0.1) is 12.1 Å². The third-order valence-electron chi connectivity index (χ3n) is 7.35. The molecule has 212 valence electrons. The summed E-state index contributed by atoms with van der Waals surface area (Å²) >= 11 is 1.46. The number of thiophene rings is 1. The molecule has 0 bridgehead atoms. The molecule has 5 rings (SSSR count). The van der Waals surface area contributed by atoms with Gasteiger partial charge in [0.15, 0.2) is 5.85 Å². The second kappa shape index (κ2) is 11.2. The van der Waals surface area contributed by atoms with Gasteiger partial charge in [-0.25, -0.2) is 9.34 Å². The van der Waals surface area contributed by atoms with Gasteiger partial charge in [-0.1, -0.05) is 24.3 Å². The summed E-state index contributed by atoms with van der Waals surface area (Å²) in [4.78, 5) is 2.77. The van der Waals surface area contributed by atoms with Gasteiger partial charge in [-0.15, -0.1) is 11.3 Å². The first-order chi connectivity index (χ1) is 19.0. The zero-order valence-corrected chi connectivity index (χ0v) is 24.1. The Balaban J connectivity index is 1.19. The van der Waals surface area contributed by atoms with E-state index >= 15 is 0 Å². The maximum Gasteiger partial charge on any atom is 0.416 e. The first-order valence-electron chi connectivity index (χ1n) is 12.8. The Hall–Kier alpha value is -2.88. The second-order valence-electron chi connectivity index (χ2n) is 9.97. The molecule has 1 atom stereocenters. The van der Waals surface area contributed by atoms with Gasteiger partial charge in [-0.05, 0) is 79.1 Å². The van der Waals surface area contributed by atoms with Crippen LogP contribution in [0.4, 0.5) is 18.9 Å². The van der Waals surface area contributed by atoms with E-state index in [2.05, 4.69) is 11.0 Å². The van der Waals surface area contributed by atoms with Crippen molar-refractivity contribution in [3.63, 3.8) is 0 Å². The smallest absolute Gasteiger partial charge is 0.416 e. The predicted octanol–water partition coefficient (Wildman–Crippen LogP) is 7.16. The molecule has 0 spiro atoms. The lowest BCUT2D eigenvalue weighted by Crippen LogP contribution is -2.23. The summed E-state index contributed by atoms with van der Waals surface area (Å²) in [6.45, 7) is 2.38. The van der Waals surface area contributed by atoms with Crippen molar-refractivity contribution in [1.29, 1.82) is 0 Å². The summed E-state index contributed by atoms with van der Waals surface area (Å²) < 4.78 is 62.4. The summed E-state index contributed by atoms with van der Waals surface area (Å²) in [7, 11) is 2.50. The Kier molecular flexibility index (Phi) is 8.01. The fraction of sp³-hybridized carbons (Fsp3) is 0.310. The molecule has 4 aromatic rings. The van der Waals surface area contributed by atoms with Gasteiger partial charge in [-0.3, -0.25) is 4.57 Å². The molecule has 1 aromatic heterocycles. The Morgan fingerprint density at radius 2 is 1.57 bits per heavy atom. The molecule has 0 aliphatic carbocycles. The monoisotopic (exact) mass is 589 g/mol. The fourth-order valence-electron chi connectivity index (χ4n) is 4.82. The lowest BCUT2D eigenvalue weighted by atomic mass is 10.0. The predicted molar refractivity (Wildman–Crippen MR) is 155 cm³/mol. The molecular weight excluding hydrogens is 558 g/mol. The largest absolute Gasteiger partial charge is 0.492 e.